The van der Waals surface area contributed by atoms with Crippen molar-refractivity contribution >= 4 is 50.7 Å². The summed E-state index contributed by atoms with van der Waals surface area (Å²) in [5.41, 5.74) is 5.76. The van der Waals surface area contributed by atoms with Crippen LogP contribution < -0.4 is 10.6 Å². The summed E-state index contributed by atoms with van der Waals surface area (Å²) < 4.78 is 0. The van der Waals surface area contributed by atoms with E-state index in [1.54, 1.807) is 18.2 Å². The summed E-state index contributed by atoms with van der Waals surface area (Å²) in [7, 11) is 0. The van der Waals surface area contributed by atoms with Crippen molar-refractivity contribution in [2.45, 2.75) is 18.5 Å². The van der Waals surface area contributed by atoms with Crippen molar-refractivity contribution in [3.8, 4) is 11.1 Å². The Morgan fingerprint density at radius 1 is 0.612 bits per heavy atom. The summed E-state index contributed by atoms with van der Waals surface area (Å²) in [6.07, 6.45) is 0.119. The number of rotatable bonds is 10. The average molecular weight is 661 g/mol. The monoisotopic (exact) mass is 660 g/mol. The zero-order chi connectivity index (χ0) is 33.7. The molecule has 0 bridgehead atoms. The number of benzene rings is 7. The van der Waals surface area contributed by atoms with Crippen LogP contribution in [0.4, 0.5) is 5.69 Å². The van der Waals surface area contributed by atoms with Crippen LogP contribution in [0.25, 0.3) is 32.7 Å². The third-order valence-electron chi connectivity index (χ3n) is 8.90. The van der Waals surface area contributed by atoms with Crippen molar-refractivity contribution in [2.75, 3.05) is 5.32 Å². The standard InChI is InChI=1S/C43H33ClN2O3/c44-33-24-25-39(38(27-33)42(47)46-40(43(48)49)26-28-20-22-30(23-21-28)29-10-2-1-3-11-29)45-41(36-18-8-14-31-12-4-6-16-34(31)36)37-19-9-15-32-13-5-7-17-35(32)37/h1-25,27,40-41,45H,26H2,(H,46,47)(H,48,49)/t40-/m0/s1. The molecule has 0 saturated heterocycles. The number of hydrogen-bond acceptors (Lipinski definition) is 3. The Morgan fingerprint density at radius 2 is 1.16 bits per heavy atom. The van der Waals surface area contributed by atoms with E-state index in [-0.39, 0.29) is 18.0 Å². The van der Waals surface area contributed by atoms with Gasteiger partial charge in [-0.15, -0.1) is 0 Å². The molecule has 1 amide bonds. The number of halogens is 1. The maximum atomic E-state index is 14.0. The lowest BCUT2D eigenvalue weighted by Crippen LogP contribution is -2.42. The van der Waals surface area contributed by atoms with Crippen molar-refractivity contribution in [3.05, 3.63) is 185 Å². The molecule has 240 valence electrons. The summed E-state index contributed by atoms with van der Waals surface area (Å²) in [5.74, 6) is -1.66. The SMILES string of the molecule is O=C(N[C@@H](Cc1ccc(-c2ccccc2)cc1)C(=O)O)c1cc(Cl)ccc1NC(c1cccc2ccccc12)c1cccc2ccccc12. The molecule has 0 aliphatic rings. The molecule has 7 rings (SSSR count). The molecule has 0 aromatic heterocycles. The lowest BCUT2D eigenvalue weighted by atomic mass is 9.90. The Balaban J connectivity index is 1.22. The van der Waals surface area contributed by atoms with Gasteiger partial charge >= 0.3 is 5.97 Å². The van der Waals surface area contributed by atoms with Crippen LogP contribution in [0.3, 0.4) is 0 Å². The number of carboxylic acid groups (broad SMARTS) is 1. The first-order valence-corrected chi connectivity index (χ1v) is 16.5. The van der Waals surface area contributed by atoms with Crippen molar-refractivity contribution in [2.24, 2.45) is 0 Å². The van der Waals surface area contributed by atoms with Crippen LogP contribution >= 0.6 is 11.6 Å². The predicted molar refractivity (Wildman–Crippen MR) is 199 cm³/mol. The van der Waals surface area contributed by atoms with E-state index in [9.17, 15) is 14.7 Å². The second-order valence-electron chi connectivity index (χ2n) is 12.0. The van der Waals surface area contributed by atoms with Crippen LogP contribution in [-0.2, 0) is 11.2 Å². The van der Waals surface area contributed by atoms with Crippen molar-refractivity contribution < 1.29 is 14.7 Å². The number of aliphatic carboxylic acids is 1. The molecule has 3 N–H and O–H groups in total. The van der Waals surface area contributed by atoms with Crippen LogP contribution in [0, 0.1) is 0 Å². The molecule has 0 fully saturated rings. The Bertz CT molecular complexity index is 2200. The number of carbonyl (C=O) groups excluding carboxylic acids is 1. The fraction of sp³-hybridized carbons (Fsp3) is 0.0698. The Morgan fingerprint density at radius 3 is 1.78 bits per heavy atom. The summed E-state index contributed by atoms with van der Waals surface area (Å²) in [6.45, 7) is 0. The third-order valence-corrected chi connectivity index (χ3v) is 9.13. The van der Waals surface area contributed by atoms with Crippen LogP contribution in [0.15, 0.2) is 158 Å². The maximum absolute atomic E-state index is 14.0. The average Bonchev–Trinajstić information content (AvgIpc) is 3.14. The van der Waals surface area contributed by atoms with Gasteiger partial charge in [-0.3, -0.25) is 4.79 Å². The first-order chi connectivity index (χ1) is 23.9. The van der Waals surface area contributed by atoms with Crippen LogP contribution in [-0.4, -0.2) is 23.0 Å². The Hall–Kier alpha value is -5.91. The zero-order valence-corrected chi connectivity index (χ0v) is 27.3. The third kappa shape index (κ3) is 6.89. The highest BCUT2D eigenvalue weighted by molar-refractivity contribution is 6.31. The molecule has 49 heavy (non-hydrogen) atoms. The van der Waals surface area contributed by atoms with Gasteiger partial charge in [0.1, 0.15) is 6.04 Å². The van der Waals surface area contributed by atoms with Crippen molar-refractivity contribution in [1.29, 1.82) is 0 Å². The lowest BCUT2D eigenvalue weighted by molar-refractivity contribution is -0.139. The first-order valence-electron chi connectivity index (χ1n) is 16.1. The molecule has 0 spiro atoms. The molecule has 7 aromatic carbocycles. The molecule has 0 saturated carbocycles. The van der Waals surface area contributed by atoms with Gasteiger partial charge in [-0.25, -0.2) is 4.79 Å². The van der Waals surface area contributed by atoms with E-state index < -0.39 is 17.9 Å². The van der Waals surface area contributed by atoms with E-state index in [0.717, 1.165) is 49.4 Å². The fourth-order valence-electron chi connectivity index (χ4n) is 6.45. The van der Waals surface area contributed by atoms with Gasteiger partial charge in [0.25, 0.3) is 5.91 Å². The molecular formula is C43H33ClN2O3. The van der Waals surface area contributed by atoms with Crippen LogP contribution in [0.2, 0.25) is 5.02 Å². The van der Waals surface area contributed by atoms with Gasteiger partial charge in [-0.05, 0) is 67.6 Å². The number of carboxylic acids is 1. The van der Waals surface area contributed by atoms with Crippen LogP contribution in [0.5, 0.6) is 0 Å². The number of hydrogen-bond donors (Lipinski definition) is 3. The highest BCUT2D eigenvalue weighted by atomic mass is 35.5. The number of fused-ring (bicyclic) bond motifs is 2. The van der Waals surface area contributed by atoms with E-state index in [1.807, 2.05) is 91.0 Å². The van der Waals surface area contributed by atoms with E-state index in [2.05, 4.69) is 59.2 Å². The fourth-order valence-corrected chi connectivity index (χ4v) is 6.62. The minimum atomic E-state index is -1.16. The summed E-state index contributed by atoms with van der Waals surface area (Å²) in [5, 5.41) is 21.4. The number of anilines is 1. The van der Waals surface area contributed by atoms with Gasteiger partial charge in [0.15, 0.2) is 0 Å². The highest BCUT2D eigenvalue weighted by Gasteiger charge is 2.25. The van der Waals surface area contributed by atoms with Gasteiger partial charge in [-0.2, -0.15) is 0 Å². The Labute approximate surface area is 289 Å². The zero-order valence-electron chi connectivity index (χ0n) is 26.5. The summed E-state index contributed by atoms with van der Waals surface area (Å²) >= 11 is 6.46. The lowest BCUT2D eigenvalue weighted by Gasteiger charge is -2.26. The van der Waals surface area contributed by atoms with Crippen LogP contribution in [0.1, 0.15) is 33.1 Å². The summed E-state index contributed by atoms with van der Waals surface area (Å²) in [4.78, 5) is 26.4. The second-order valence-corrected chi connectivity index (χ2v) is 12.5. The molecule has 5 nitrogen and oxygen atoms in total. The van der Waals surface area contributed by atoms with E-state index in [0.29, 0.717) is 10.7 Å². The van der Waals surface area contributed by atoms with Gasteiger partial charge in [0.2, 0.25) is 0 Å². The number of amides is 1. The number of carbonyl (C=O) groups is 2. The molecule has 0 unspecified atom stereocenters. The quantitative estimate of drug-likeness (QED) is 0.136. The van der Waals surface area contributed by atoms with Gasteiger partial charge < -0.3 is 15.7 Å². The van der Waals surface area contributed by atoms with E-state index in [4.69, 9.17) is 11.6 Å². The Kier molecular flexibility index (Phi) is 9.09. The molecule has 0 heterocycles. The minimum Gasteiger partial charge on any atom is -0.480 e. The maximum Gasteiger partial charge on any atom is 0.326 e. The smallest absolute Gasteiger partial charge is 0.326 e. The molecule has 0 aliphatic carbocycles. The molecule has 0 aliphatic heterocycles. The number of nitrogens with one attached hydrogen (secondary N) is 2. The predicted octanol–water partition coefficient (Wildman–Crippen LogP) is 9.94. The normalized spacial score (nSPS) is 11.8. The second kappa shape index (κ2) is 14.1. The molecular weight excluding hydrogens is 628 g/mol. The van der Waals surface area contributed by atoms with Crippen molar-refractivity contribution in [3.63, 3.8) is 0 Å². The minimum absolute atomic E-state index is 0.119. The largest absolute Gasteiger partial charge is 0.480 e. The summed E-state index contributed by atoms with van der Waals surface area (Å²) in [6, 6.07) is 50.2. The van der Waals surface area contributed by atoms with Gasteiger partial charge in [0, 0.05) is 17.1 Å². The molecule has 0 radical (unpaired) electrons. The van der Waals surface area contributed by atoms with Gasteiger partial charge in [-0.1, -0.05) is 151 Å². The van der Waals surface area contributed by atoms with Crippen molar-refractivity contribution in [1.82, 2.24) is 5.32 Å². The van der Waals surface area contributed by atoms with E-state index >= 15 is 0 Å². The molecule has 7 aromatic rings. The molecule has 1 atom stereocenters. The van der Waals surface area contributed by atoms with Gasteiger partial charge in [0.05, 0.1) is 11.6 Å². The topological polar surface area (TPSA) is 78.4 Å². The highest BCUT2D eigenvalue weighted by Crippen LogP contribution is 2.37. The molecule has 6 heteroatoms. The first kappa shape index (κ1) is 31.7. The van der Waals surface area contributed by atoms with E-state index in [1.165, 1.54) is 0 Å².